The highest BCUT2D eigenvalue weighted by Crippen LogP contribution is 2.29. The maximum Gasteiger partial charge on any atom is 0.242 e. The van der Waals surface area contributed by atoms with Gasteiger partial charge in [-0.05, 0) is 38.5 Å². The van der Waals surface area contributed by atoms with Crippen LogP contribution in [0.2, 0.25) is 0 Å². The van der Waals surface area contributed by atoms with Crippen LogP contribution >= 0.6 is 0 Å². The summed E-state index contributed by atoms with van der Waals surface area (Å²) < 4.78 is 33.1. The van der Waals surface area contributed by atoms with Gasteiger partial charge in [-0.25, -0.2) is 12.7 Å². The number of carbonyl (C=O) groups is 3. The summed E-state index contributed by atoms with van der Waals surface area (Å²) in [5.74, 6) is -0.693. The topological polar surface area (TPSA) is 101 Å². The number of hydrogen-bond acceptors (Lipinski definition) is 6. The molecule has 0 spiro atoms. The van der Waals surface area contributed by atoms with Crippen molar-refractivity contribution in [2.75, 3.05) is 26.7 Å². The van der Waals surface area contributed by atoms with Crippen LogP contribution < -0.4 is 0 Å². The number of ketones is 2. The fourth-order valence-corrected chi connectivity index (χ4v) is 5.77. The Bertz CT molecular complexity index is 1250. The lowest BCUT2D eigenvalue weighted by atomic mass is 9.84. The van der Waals surface area contributed by atoms with Crippen LogP contribution in [0.4, 0.5) is 0 Å². The third-order valence-electron chi connectivity index (χ3n) is 6.24. The van der Waals surface area contributed by atoms with Gasteiger partial charge in [-0.1, -0.05) is 24.3 Å². The standard InChI is InChI=1S/C25H28N2O6S/c1-16-14-27(15-17(2)33-16)23(28)9-6-12-26(3)34(31,32)18-10-11-21-22(13-18)25(30)20-8-5-4-7-19(20)24(21)29/h4-5,7-8,10-11,13,16-17H,6,9,12,14-15H2,1-3H3. The normalized spacial score (nSPS) is 20.3. The first kappa shape index (κ1) is 24.3. The molecule has 34 heavy (non-hydrogen) atoms. The van der Waals surface area contributed by atoms with Crippen molar-refractivity contribution in [2.24, 2.45) is 0 Å². The van der Waals surface area contributed by atoms with Gasteiger partial charge in [0.05, 0.1) is 17.1 Å². The molecule has 2 aromatic rings. The Balaban J connectivity index is 1.44. The Kier molecular flexibility index (Phi) is 6.71. The van der Waals surface area contributed by atoms with E-state index in [0.29, 0.717) is 25.1 Å². The first-order valence-corrected chi connectivity index (χ1v) is 12.8. The Labute approximate surface area is 199 Å². The van der Waals surface area contributed by atoms with Crippen molar-refractivity contribution in [3.63, 3.8) is 0 Å². The highest BCUT2D eigenvalue weighted by atomic mass is 32.2. The minimum atomic E-state index is -3.91. The number of morpholine rings is 1. The maximum atomic E-state index is 13.1. The van der Waals surface area contributed by atoms with Gasteiger partial charge in [0, 0.05) is 55.4 Å². The van der Waals surface area contributed by atoms with Gasteiger partial charge >= 0.3 is 0 Å². The van der Waals surface area contributed by atoms with Crippen LogP contribution in [0.25, 0.3) is 0 Å². The molecule has 1 amide bonds. The summed E-state index contributed by atoms with van der Waals surface area (Å²) in [5.41, 5.74) is 0.878. The van der Waals surface area contributed by atoms with Crippen molar-refractivity contribution >= 4 is 27.5 Å². The molecule has 1 aliphatic heterocycles. The molecule has 2 unspecified atom stereocenters. The Hall–Kier alpha value is -2.88. The molecule has 0 aromatic heterocycles. The van der Waals surface area contributed by atoms with Crippen molar-refractivity contribution in [3.8, 4) is 0 Å². The van der Waals surface area contributed by atoms with Crippen LogP contribution in [0.5, 0.6) is 0 Å². The molecule has 8 nitrogen and oxygen atoms in total. The predicted molar refractivity (Wildman–Crippen MR) is 125 cm³/mol. The highest BCUT2D eigenvalue weighted by Gasteiger charge is 2.32. The lowest BCUT2D eigenvalue weighted by Gasteiger charge is -2.35. The monoisotopic (exact) mass is 484 g/mol. The first-order chi connectivity index (χ1) is 16.1. The number of amides is 1. The smallest absolute Gasteiger partial charge is 0.242 e. The molecule has 1 fully saturated rings. The van der Waals surface area contributed by atoms with E-state index >= 15 is 0 Å². The maximum absolute atomic E-state index is 13.1. The molecule has 0 saturated carbocycles. The number of nitrogens with zero attached hydrogens (tertiary/aromatic N) is 2. The summed E-state index contributed by atoms with van der Waals surface area (Å²) in [6.45, 7) is 5.05. The van der Waals surface area contributed by atoms with Crippen LogP contribution in [-0.4, -0.2) is 74.0 Å². The van der Waals surface area contributed by atoms with E-state index in [1.54, 1.807) is 29.2 Å². The molecule has 2 aromatic carbocycles. The number of ether oxygens (including phenoxy) is 1. The van der Waals surface area contributed by atoms with Crippen molar-refractivity contribution in [2.45, 2.75) is 43.8 Å². The van der Waals surface area contributed by atoms with E-state index in [9.17, 15) is 22.8 Å². The number of fused-ring (bicyclic) bond motifs is 2. The molecule has 0 radical (unpaired) electrons. The van der Waals surface area contributed by atoms with Gasteiger partial charge in [0.15, 0.2) is 11.6 Å². The van der Waals surface area contributed by atoms with E-state index in [4.69, 9.17) is 4.74 Å². The number of rotatable bonds is 6. The first-order valence-electron chi connectivity index (χ1n) is 11.3. The van der Waals surface area contributed by atoms with Crippen LogP contribution in [0.1, 0.15) is 58.5 Å². The van der Waals surface area contributed by atoms with E-state index in [2.05, 4.69) is 0 Å². The Morgan fingerprint density at radius 1 is 0.971 bits per heavy atom. The second-order valence-electron chi connectivity index (χ2n) is 8.90. The van der Waals surface area contributed by atoms with Crippen molar-refractivity contribution in [1.82, 2.24) is 9.21 Å². The van der Waals surface area contributed by atoms with Crippen molar-refractivity contribution < 1.29 is 27.5 Å². The molecular formula is C25H28N2O6S. The second-order valence-corrected chi connectivity index (χ2v) is 10.9. The SMILES string of the molecule is CC1CN(C(=O)CCCN(C)S(=O)(=O)c2ccc3c(c2)C(=O)c2ccccc2C3=O)CC(C)O1. The minimum Gasteiger partial charge on any atom is -0.372 e. The molecule has 2 atom stereocenters. The summed E-state index contributed by atoms with van der Waals surface area (Å²) in [5, 5.41) is 0. The van der Waals surface area contributed by atoms with Gasteiger partial charge < -0.3 is 9.64 Å². The van der Waals surface area contributed by atoms with E-state index in [1.165, 1.54) is 29.6 Å². The number of sulfonamides is 1. The molecule has 1 aliphatic carbocycles. The van der Waals surface area contributed by atoms with Gasteiger partial charge in [0.1, 0.15) is 0 Å². The summed E-state index contributed by atoms with van der Waals surface area (Å²) in [6, 6.07) is 10.5. The van der Waals surface area contributed by atoms with Gasteiger partial charge in [-0.15, -0.1) is 0 Å². The number of carbonyl (C=O) groups excluding carboxylic acids is 3. The molecule has 0 N–H and O–H groups in total. The minimum absolute atomic E-state index is 0.0237. The van der Waals surface area contributed by atoms with Gasteiger partial charge in [0.2, 0.25) is 15.9 Å². The average molecular weight is 485 g/mol. The van der Waals surface area contributed by atoms with Crippen LogP contribution in [0, 0.1) is 0 Å². The molecule has 2 aliphatic rings. The molecule has 1 saturated heterocycles. The van der Waals surface area contributed by atoms with Gasteiger partial charge in [-0.2, -0.15) is 0 Å². The van der Waals surface area contributed by atoms with Gasteiger partial charge in [-0.3, -0.25) is 14.4 Å². The second kappa shape index (κ2) is 9.40. The van der Waals surface area contributed by atoms with E-state index in [-0.39, 0.29) is 64.2 Å². The fraction of sp³-hybridized carbons (Fsp3) is 0.400. The summed E-state index contributed by atoms with van der Waals surface area (Å²) in [7, 11) is -2.46. The van der Waals surface area contributed by atoms with E-state index < -0.39 is 10.0 Å². The Morgan fingerprint density at radius 3 is 2.15 bits per heavy atom. The average Bonchev–Trinajstić information content (AvgIpc) is 2.81. The zero-order valence-electron chi connectivity index (χ0n) is 19.5. The van der Waals surface area contributed by atoms with Crippen LogP contribution in [-0.2, 0) is 19.6 Å². The zero-order valence-corrected chi connectivity index (χ0v) is 20.3. The molecule has 4 rings (SSSR count). The van der Waals surface area contributed by atoms with Crippen LogP contribution in [0.15, 0.2) is 47.4 Å². The van der Waals surface area contributed by atoms with Crippen LogP contribution in [0.3, 0.4) is 0 Å². The number of benzene rings is 2. The lowest BCUT2D eigenvalue weighted by Crippen LogP contribution is -2.48. The van der Waals surface area contributed by atoms with E-state index in [1.807, 2.05) is 13.8 Å². The molecule has 180 valence electrons. The summed E-state index contributed by atoms with van der Waals surface area (Å²) in [4.78, 5) is 40.0. The van der Waals surface area contributed by atoms with Gasteiger partial charge in [0.25, 0.3) is 0 Å². The Morgan fingerprint density at radius 2 is 1.53 bits per heavy atom. The summed E-state index contributed by atoms with van der Waals surface area (Å²) in [6.07, 6.45) is 0.542. The third-order valence-corrected chi connectivity index (χ3v) is 8.09. The zero-order chi connectivity index (χ0) is 24.6. The molecular weight excluding hydrogens is 456 g/mol. The third kappa shape index (κ3) is 4.55. The largest absolute Gasteiger partial charge is 0.372 e. The van der Waals surface area contributed by atoms with Crippen molar-refractivity contribution in [3.05, 3.63) is 64.7 Å². The quantitative estimate of drug-likeness (QED) is 0.533. The highest BCUT2D eigenvalue weighted by molar-refractivity contribution is 7.89. The fourth-order valence-electron chi connectivity index (χ4n) is 4.53. The van der Waals surface area contributed by atoms with Crippen molar-refractivity contribution in [1.29, 1.82) is 0 Å². The molecule has 9 heteroatoms. The number of hydrogen-bond donors (Lipinski definition) is 0. The lowest BCUT2D eigenvalue weighted by molar-refractivity contribution is -0.143. The summed E-state index contributed by atoms with van der Waals surface area (Å²) >= 11 is 0. The van der Waals surface area contributed by atoms with E-state index in [0.717, 1.165) is 0 Å². The molecule has 1 heterocycles. The predicted octanol–water partition coefficient (Wildman–Crippen LogP) is 2.50. The molecule has 0 bridgehead atoms.